The number of hydrogen-bond acceptors (Lipinski definition) is 4. The molecule has 0 spiro atoms. The molecule has 27 heavy (non-hydrogen) atoms. The fourth-order valence-electron chi connectivity index (χ4n) is 2.94. The normalized spacial score (nSPS) is 13.4. The second-order valence-electron chi connectivity index (χ2n) is 6.18. The molecule has 0 aliphatic carbocycles. The quantitative estimate of drug-likeness (QED) is 0.812. The van der Waals surface area contributed by atoms with Gasteiger partial charge in [-0.15, -0.1) is 0 Å². The van der Waals surface area contributed by atoms with E-state index in [0.29, 0.717) is 31.3 Å². The predicted molar refractivity (Wildman–Crippen MR) is 101 cm³/mol. The van der Waals surface area contributed by atoms with Gasteiger partial charge in [0, 0.05) is 38.3 Å². The molecule has 1 N–H and O–H groups in total. The molecule has 0 radical (unpaired) electrons. The number of benzene rings is 1. The molecular weight excluding hydrogens is 370 g/mol. The Balaban J connectivity index is 1.74. The Morgan fingerprint density at radius 3 is 2.59 bits per heavy atom. The Morgan fingerprint density at radius 2 is 1.89 bits per heavy atom. The molecule has 7 nitrogen and oxygen atoms in total. The van der Waals surface area contributed by atoms with E-state index >= 15 is 0 Å². The number of pyridine rings is 1. The molecular formula is C19H20ClN3O4. The van der Waals surface area contributed by atoms with Crippen LogP contribution in [0.4, 0.5) is 0 Å². The topological polar surface area (TPSA) is 80.6 Å². The summed E-state index contributed by atoms with van der Waals surface area (Å²) in [6.07, 6.45) is 0. The number of aromatic nitrogens is 1. The Morgan fingerprint density at radius 1 is 1.15 bits per heavy atom. The van der Waals surface area contributed by atoms with Crippen molar-refractivity contribution < 1.29 is 14.3 Å². The number of ether oxygens (including phenoxy) is 1. The molecule has 8 heteroatoms. The van der Waals surface area contributed by atoms with Crippen LogP contribution in [-0.2, 0) is 17.8 Å². The SMILES string of the molecule is COCCN1CCn2c(ccc(C(=O)NCc3ccc(Cl)cc3)c2=O)C1=O. The molecule has 1 aliphatic heterocycles. The standard InChI is InChI=1S/C19H20ClN3O4/c1-27-11-10-22-8-9-23-16(19(22)26)7-6-15(18(23)25)17(24)21-12-13-2-4-14(20)5-3-13/h2-7H,8-12H2,1H3,(H,21,24). The Hall–Kier alpha value is -2.64. The number of methoxy groups -OCH3 is 1. The smallest absolute Gasteiger partial charge is 0.270 e. The first-order valence-corrected chi connectivity index (χ1v) is 8.93. The number of nitrogens with one attached hydrogen (secondary N) is 1. The van der Waals surface area contributed by atoms with E-state index in [2.05, 4.69) is 5.32 Å². The summed E-state index contributed by atoms with van der Waals surface area (Å²) in [5, 5.41) is 3.34. The fraction of sp³-hybridized carbons (Fsp3) is 0.316. The van der Waals surface area contributed by atoms with E-state index < -0.39 is 11.5 Å². The molecule has 0 fully saturated rings. The van der Waals surface area contributed by atoms with Gasteiger partial charge in [-0.25, -0.2) is 0 Å². The lowest BCUT2D eigenvalue weighted by Crippen LogP contribution is -2.46. The van der Waals surface area contributed by atoms with Crippen molar-refractivity contribution in [3.63, 3.8) is 0 Å². The number of halogens is 1. The van der Waals surface area contributed by atoms with Crippen LogP contribution in [0.2, 0.25) is 5.02 Å². The average molecular weight is 390 g/mol. The van der Waals surface area contributed by atoms with Gasteiger partial charge >= 0.3 is 0 Å². The summed E-state index contributed by atoms with van der Waals surface area (Å²) in [7, 11) is 1.57. The van der Waals surface area contributed by atoms with Gasteiger partial charge in [0.25, 0.3) is 17.4 Å². The molecule has 142 valence electrons. The van der Waals surface area contributed by atoms with Gasteiger partial charge in [-0.05, 0) is 29.8 Å². The van der Waals surface area contributed by atoms with Gasteiger partial charge in [-0.2, -0.15) is 0 Å². The van der Waals surface area contributed by atoms with Crippen LogP contribution in [-0.4, -0.2) is 48.1 Å². The lowest BCUT2D eigenvalue weighted by molar-refractivity contribution is 0.0636. The van der Waals surface area contributed by atoms with Crippen molar-refractivity contribution in [1.29, 1.82) is 0 Å². The largest absolute Gasteiger partial charge is 0.383 e. The third kappa shape index (κ3) is 4.20. The number of nitrogens with zero attached hydrogens (tertiary/aromatic N) is 2. The van der Waals surface area contributed by atoms with Gasteiger partial charge in [0.2, 0.25) is 0 Å². The maximum Gasteiger partial charge on any atom is 0.270 e. The number of carbonyl (C=O) groups excluding carboxylic acids is 2. The van der Waals surface area contributed by atoms with Crippen molar-refractivity contribution in [2.75, 3.05) is 26.8 Å². The maximum absolute atomic E-state index is 12.7. The van der Waals surface area contributed by atoms with Crippen LogP contribution >= 0.6 is 11.6 Å². The summed E-state index contributed by atoms with van der Waals surface area (Å²) in [5.41, 5.74) is 0.720. The zero-order valence-electron chi connectivity index (χ0n) is 14.9. The summed E-state index contributed by atoms with van der Waals surface area (Å²) in [6.45, 7) is 1.93. The van der Waals surface area contributed by atoms with E-state index in [9.17, 15) is 14.4 Å². The van der Waals surface area contributed by atoms with Crippen molar-refractivity contribution in [2.45, 2.75) is 13.1 Å². The van der Waals surface area contributed by atoms with Crippen LogP contribution in [0, 0.1) is 0 Å². The van der Waals surface area contributed by atoms with Gasteiger partial charge < -0.3 is 19.5 Å². The van der Waals surface area contributed by atoms with Crippen LogP contribution in [0.5, 0.6) is 0 Å². The maximum atomic E-state index is 12.7. The van der Waals surface area contributed by atoms with Crippen molar-refractivity contribution in [3.8, 4) is 0 Å². The van der Waals surface area contributed by atoms with Crippen molar-refractivity contribution in [1.82, 2.24) is 14.8 Å². The van der Waals surface area contributed by atoms with E-state index in [1.807, 2.05) is 0 Å². The van der Waals surface area contributed by atoms with Crippen molar-refractivity contribution in [3.05, 3.63) is 68.6 Å². The summed E-state index contributed by atoms with van der Waals surface area (Å²) in [5.74, 6) is -0.706. The molecule has 3 rings (SSSR count). The van der Waals surface area contributed by atoms with E-state index in [1.165, 1.54) is 16.7 Å². The van der Waals surface area contributed by atoms with E-state index in [0.717, 1.165) is 5.56 Å². The summed E-state index contributed by atoms with van der Waals surface area (Å²) >= 11 is 5.84. The highest BCUT2D eigenvalue weighted by atomic mass is 35.5. The molecule has 2 aromatic rings. The van der Waals surface area contributed by atoms with Gasteiger partial charge in [-0.3, -0.25) is 14.4 Å². The number of hydrogen-bond donors (Lipinski definition) is 1. The first-order valence-electron chi connectivity index (χ1n) is 8.56. The molecule has 0 atom stereocenters. The van der Waals surface area contributed by atoms with Gasteiger partial charge in [-0.1, -0.05) is 23.7 Å². The zero-order chi connectivity index (χ0) is 19.4. The lowest BCUT2D eigenvalue weighted by Gasteiger charge is -2.29. The van der Waals surface area contributed by atoms with E-state index in [4.69, 9.17) is 16.3 Å². The van der Waals surface area contributed by atoms with Gasteiger partial charge in [0.15, 0.2) is 0 Å². The first kappa shape index (κ1) is 19.1. The molecule has 0 bridgehead atoms. The average Bonchev–Trinajstić information content (AvgIpc) is 2.67. The highest BCUT2D eigenvalue weighted by molar-refractivity contribution is 6.30. The van der Waals surface area contributed by atoms with Crippen LogP contribution in [0.3, 0.4) is 0 Å². The second-order valence-corrected chi connectivity index (χ2v) is 6.62. The van der Waals surface area contributed by atoms with Crippen molar-refractivity contribution in [2.24, 2.45) is 0 Å². The van der Waals surface area contributed by atoms with Gasteiger partial charge in [0.05, 0.1) is 6.61 Å². The van der Waals surface area contributed by atoms with Gasteiger partial charge in [0.1, 0.15) is 11.3 Å². The Kier molecular flexibility index (Phi) is 5.93. The molecule has 1 aromatic heterocycles. The highest BCUT2D eigenvalue weighted by Crippen LogP contribution is 2.12. The number of carbonyl (C=O) groups is 2. The number of amides is 2. The monoisotopic (exact) mass is 389 g/mol. The van der Waals surface area contributed by atoms with Crippen LogP contribution in [0.25, 0.3) is 0 Å². The molecule has 0 unspecified atom stereocenters. The first-order chi connectivity index (χ1) is 13.0. The Bertz CT molecular complexity index is 908. The molecule has 2 heterocycles. The minimum atomic E-state index is -0.473. The highest BCUT2D eigenvalue weighted by Gasteiger charge is 2.26. The second kappa shape index (κ2) is 8.37. The van der Waals surface area contributed by atoms with Crippen LogP contribution in [0.1, 0.15) is 26.4 Å². The summed E-state index contributed by atoms with van der Waals surface area (Å²) in [4.78, 5) is 39.2. The molecule has 0 saturated carbocycles. The Labute approximate surface area is 161 Å². The molecule has 2 amide bonds. The third-order valence-corrected chi connectivity index (χ3v) is 4.70. The summed E-state index contributed by atoms with van der Waals surface area (Å²) in [6, 6.07) is 10.0. The number of rotatable bonds is 6. The minimum Gasteiger partial charge on any atom is -0.383 e. The molecule has 1 aliphatic rings. The number of fused-ring (bicyclic) bond motifs is 1. The fourth-order valence-corrected chi connectivity index (χ4v) is 3.06. The van der Waals surface area contributed by atoms with Crippen LogP contribution < -0.4 is 10.9 Å². The molecule has 1 aromatic carbocycles. The summed E-state index contributed by atoms with van der Waals surface area (Å²) < 4.78 is 6.37. The molecule has 0 saturated heterocycles. The van der Waals surface area contributed by atoms with E-state index in [-0.39, 0.29) is 23.7 Å². The lowest BCUT2D eigenvalue weighted by atomic mass is 10.1. The van der Waals surface area contributed by atoms with E-state index in [1.54, 1.807) is 36.3 Å². The minimum absolute atomic E-state index is 0.0193. The third-order valence-electron chi connectivity index (χ3n) is 4.45. The predicted octanol–water partition coefficient (Wildman–Crippen LogP) is 1.53. The zero-order valence-corrected chi connectivity index (χ0v) is 15.7. The van der Waals surface area contributed by atoms with Crippen LogP contribution in [0.15, 0.2) is 41.2 Å². The van der Waals surface area contributed by atoms with Crippen molar-refractivity contribution >= 4 is 23.4 Å².